The third-order valence-electron chi connectivity index (χ3n) is 5.31. The molecule has 7 heteroatoms. The molecular formula is C25H38N2O5. The summed E-state index contributed by atoms with van der Waals surface area (Å²) in [5, 5.41) is 12.0. The predicted molar refractivity (Wildman–Crippen MR) is 124 cm³/mol. The van der Waals surface area contributed by atoms with E-state index in [1.54, 1.807) is 11.6 Å². The van der Waals surface area contributed by atoms with Crippen LogP contribution in [0.4, 0.5) is 0 Å². The average molecular weight is 447 g/mol. The molecule has 0 aliphatic carbocycles. The summed E-state index contributed by atoms with van der Waals surface area (Å²) in [6.07, 6.45) is 3.80. The standard InChI is InChI=1S/C25H38N2O5/c1-6-11-18(5)32-25(30)22(16-19-13-9-8-10-14-19)26-23(28)21(15-17(3)4)20(12-7-2)24(29)27-31/h7-10,13-14,17-18,20-22,31H,2,6,11-12,15-16H2,1,3-5H3,(H,26,28)(H,27,29)/t18-,20-,21+,22-/m0/s1. The van der Waals surface area contributed by atoms with Crippen molar-refractivity contribution in [3.05, 3.63) is 48.6 Å². The maximum atomic E-state index is 13.3. The van der Waals surface area contributed by atoms with Crippen LogP contribution in [0.3, 0.4) is 0 Å². The van der Waals surface area contributed by atoms with E-state index in [0.29, 0.717) is 6.42 Å². The number of esters is 1. The normalized spacial score (nSPS) is 14.7. The highest BCUT2D eigenvalue weighted by Crippen LogP contribution is 2.25. The molecule has 0 heterocycles. The number of carbonyl (C=O) groups excluding carboxylic acids is 3. The van der Waals surface area contributed by atoms with Gasteiger partial charge < -0.3 is 10.1 Å². The number of carbonyl (C=O) groups is 3. The first-order valence-electron chi connectivity index (χ1n) is 11.3. The summed E-state index contributed by atoms with van der Waals surface area (Å²) >= 11 is 0. The quantitative estimate of drug-likeness (QED) is 0.174. The van der Waals surface area contributed by atoms with Crippen molar-refractivity contribution in [2.45, 2.75) is 71.9 Å². The van der Waals surface area contributed by atoms with Gasteiger partial charge in [0, 0.05) is 6.42 Å². The molecule has 2 amide bonds. The van der Waals surface area contributed by atoms with Crippen molar-refractivity contribution in [1.82, 2.24) is 10.8 Å². The van der Waals surface area contributed by atoms with Gasteiger partial charge in [-0.3, -0.25) is 14.8 Å². The van der Waals surface area contributed by atoms with Gasteiger partial charge in [0.25, 0.3) is 0 Å². The Bertz CT molecular complexity index is 735. The molecule has 0 saturated heterocycles. The van der Waals surface area contributed by atoms with Crippen LogP contribution in [0.25, 0.3) is 0 Å². The Morgan fingerprint density at radius 3 is 2.28 bits per heavy atom. The number of hydrogen-bond donors (Lipinski definition) is 3. The molecule has 4 atom stereocenters. The molecule has 1 aromatic carbocycles. The molecule has 1 aromatic rings. The molecule has 0 aromatic heterocycles. The van der Waals surface area contributed by atoms with Crippen molar-refractivity contribution in [1.29, 1.82) is 0 Å². The fraction of sp³-hybridized carbons (Fsp3) is 0.560. The highest BCUT2D eigenvalue weighted by atomic mass is 16.5. The Hall–Kier alpha value is -2.67. The third-order valence-corrected chi connectivity index (χ3v) is 5.31. The van der Waals surface area contributed by atoms with Gasteiger partial charge >= 0.3 is 5.97 Å². The second-order valence-corrected chi connectivity index (χ2v) is 8.63. The molecule has 0 fully saturated rings. The zero-order valence-electron chi connectivity index (χ0n) is 19.7. The second-order valence-electron chi connectivity index (χ2n) is 8.63. The minimum atomic E-state index is -0.888. The second kappa shape index (κ2) is 14.4. The van der Waals surface area contributed by atoms with E-state index in [1.165, 1.54) is 0 Å². The number of rotatable bonds is 14. The maximum Gasteiger partial charge on any atom is 0.329 e. The number of hydroxylamine groups is 1. The van der Waals surface area contributed by atoms with Gasteiger partial charge in [-0.25, -0.2) is 10.3 Å². The first-order valence-corrected chi connectivity index (χ1v) is 11.3. The predicted octanol–water partition coefficient (Wildman–Crippen LogP) is 3.81. The lowest BCUT2D eigenvalue weighted by atomic mass is 9.82. The SMILES string of the molecule is C=CC[C@H](C(=O)NO)[C@@H](CC(C)C)C(=O)N[C@@H](Cc1ccccc1)C(=O)O[C@@H](C)CCC. The van der Waals surface area contributed by atoms with Crippen molar-refractivity contribution in [3.8, 4) is 0 Å². The van der Waals surface area contributed by atoms with E-state index in [0.717, 1.165) is 18.4 Å². The van der Waals surface area contributed by atoms with Gasteiger partial charge in [-0.05, 0) is 37.7 Å². The van der Waals surface area contributed by atoms with Crippen LogP contribution in [0.2, 0.25) is 0 Å². The van der Waals surface area contributed by atoms with E-state index in [9.17, 15) is 19.6 Å². The van der Waals surface area contributed by atoms with Gasteiger partial charge in [-0.15, -0.1) is 6.58 Å². The summed E-state index contributed by atoms with van der Waals surface area (Å²) in [7, 11) is 0. The lowest BCUT2D eigenvalue weighted by Gasteiger charge is -2.28. The molecule has 0 bridgehead atoms. The average Bonchev–Trinajstić information content (AvgIpc) is 2.75. The number of benzene rings is 1. The van der Waals surface area contributed by atoms with E-state index < -0.39 is 35.7 Å². The molecule has 3 N–H and O–H groups in total. The summed E-state index contributed by atoms with van der Waals surface area (Å²) < 4.78 is 5.57. The van der Waals surface area contributed by atoms with Gasteiger partial charge in [0.05, 0.1) is 17.9 Å². The zero-order chi connectivity index (χ0) is 24.1. The van der Waals surface area contributed by atoms with Gasteiger partial charge in [0.1, 0.15) is 6.04 Å². The van der Waals surface area contributed by atoms with Crippen LogP contribution in [0, 0.1) is 17.8 Å². The fourth-order valence-electron chi connectivity index (χ4n) is 3.75. The number of ether oxygens (including phenoxy) is 1. The number of hydrogen-bond acceptors (Lipinski definition) is 5. The first-order chi connectivity index (χ1) is 15.2. The van der Waals surface area contributed by atoms with Crippen molar-refractivity contribution >= 4 is 17.8 Å². The summed E-state index contributed by atoms with van der Waals surface area (Å²) in [5.74, 6) is -2.99. The first kappa shape index (κ1) is 27.4. The fourth-order valence-corrected chi connectivity index (χ4v) is 3.75. The van der Waals surface area contributed by atoms with Gasteiger partial charge in [0.2, 0.25) is 11.8 Å². The topological polar surface area (TPSA) is 105 Å². The maximum absolute atomic E-state index is 13.3. The summed E-state index contributed by atoms with van der Waals surface area (Å²) in [5.41, 5.74) is 2.54. The lowest BCUT2D eigenvalue weighted by Crippen LogP contribution is -2.49. The number of nitrogens with one attached hydrogen (secondary N) is 2. The van der Waals surface area contributed by atoms with Crippen LogP contribution in [-0.2, 0) is 25.5 Å². The highest BCUT2D eigenvalue weighted by molar-refractivity contribution is 5.90. The Morgan fingerprint density at radius 1 is 1.09 bits per heavy atom. The third kappa shape index (κ3) is 9.22. The van der Waals surface area contributed by atoms with Crippen LogP contribution in [-0.4, -0.2) is 35.1 Å². The molecular weight excluding hydrogens is 408 g/mol. The molecule has 0 aliphatic rings. The van der Waals surface area contributed by atoms with Crippen LogP contribution in [0.15, 0.2) is 43.0 Å². The highest BCUT2D eigenvalue weighted by Gasteiger charge is 2.35. The number of amides is 2. The van der Waals surface area contributed by atoms with Crippen LogP contribution in [0.5, 0.6) is 0 Å². The minimum absolute atomic E-state index is 0.119. The molecule has 0 radical (unpaired) electrons. The van der Waals surface area contributed by atoms with Crippen molar-refractivity contribution in [3.63, 3.8) is 0 Å². The minimum Gasteiger partial charge on any atom is -0.461 e. The monoisotopic (exact) mass is 446 g/mol. The molecule has 178 valence electrons. The molecule has 7 nitrogen and oxygen atoms in total. The Labute approximate surface area is 191 Å². The molecule has 0 unspecified atom stereocenters. The van der Waals surface area contributed by atoms with Crippen molar-refractivity contribution in [2.75, 3.05) is 0 Å². The van der Waals surface area contributed by atoms with Crippen LogP contribution >= 0.6 is 0 Å². The molecule has 1 rings (SSSR count). The summed E-state index contributed by atoms with van der Waals surface area (Å²) in [6.45, 7) is 11.4. The molecule has 32 heavy (non-hydrogen) atoms. The zero-order valence-corrected chi connectivity index (χ0v) is 19.7. The van der Waals surface area contributed by atoms with Gasteiger partial charge in [-0.1, -0.05) is 63.6 Å². The van der Waals surface area contributed by atoms with E-state index in [1.807, 2.05) is 58.0 Å². The Balaban J connectivity index is 3.15. The lowest BCUT2D eigenvalue weighted by molar-refractivity contribution is -0.153. The Morgan fingerprint density at radius 2 is 1.75 bits per heavy atom. The Kier molecular flexibility index (Phi) is 12.3. The van der Waals surface area contributed by atoms with E-state index in [2.05, 4.69) is 11.9 Å². The van der Waals surface area contributed by atoms with E-state index >= 15 is 0 Å². The van der Waals surface area contributed by atoms with Crippen LogP contribution in [0.1, 0.15) is 58.9 Å². The van der Waals surface area contributed by atoms with Crippen LogP contribution < -0.4 is 10.8 Å². The largest absolute Gasteiger partial charge is 0.461 e. The van der Waals surface area contributed by atoms with Crippen molar-refractivity contribution < 1.29 is 24.3 Å². The summed E-state index contributed by atoms with van der Waals surface area (Å²) in [6, 6.07) is 8.49. The molecule has 0 saturated carbocycles. The molecule has 0 aliphatic heterocycles. The smallest absolute Gasteiger partial charge is 0.329 e. The van der Waals surface area contributed by atoms with E-state index in [4.69, 9.17) is 4.74 Å². The molecule has 0 spiro atoms. The summed E-state index contributed by atoms with van der Waals surface area (Å²) in [4.78, 5) is 38.5. The van der Waals surface area contributed by atoms with E-state index in [-0.39, 0.29) is 24.9 Å². The van der Waals surface area contributed by atoms with Gasteiger partial charge in [0.15, 0.2) is 0 Å². The number of allylic oxidation sites excluding steroid dienone is 1. The van der Waals surface area contributed by atoms with Crippen molar-refractivity contribution in [2.24, 2.45) is 17.8 Å². The van der Waals surface area contributed by atoms with Gasteiger partial charge in [-0.2, -0.15) is 0 Å².